The second-order valence-electron chi connectivity index (χ2n) is 19.5. The molecule has 5 heterocycles. The predicted octanol–water partition coefficient (Wildman–Crippen LogP) is 10.6. The molecular formula is C55H72MgN4O6+2. The van der Waals surface area contributed by atoms with Crippen molar-refractivity contribution in [2.75, 3.05) is 13.7 Å². The summed E-state index contributed by atoms with van der Waals surface area (Å²) in [5, 5.41) is 0. The van der Waals surface area contributed by atoms with Crippen LogP contribution in [0, 0.1) is 17.8 Å². The molecule has 0 aromatic carbocycles. The van der Waals surface area contributed by atoms with E-state index in [4.69, 9.17) is 19.4 Å². The van der Waals surface area contributed by atoms with Gasteiger partial charge in [0.25, 0.3) is 0 Å². The molecule has 4 aliphatic rings. The van der Waals surface area contributed by atoms with Crippen molar-refractivity contribution in [1.29, 1.82) is 0 Å². The fraction of sp³-hybridized carbons (Fsp3) is 0.527. The van der Waals surface area contributed by atoms with Gasteiger partial charge in [0.15, 0.2) is 11.7 Å². The van der Waals surface area contributed by atoms with Crippen LogP contribution in [0.4, 0.5) is 0 Å². The van der Waals surface area contributed by atoms with Crippen LogP contribution in [0.15, 0.2) is 42.5 Å². The van der Waals surface area contributed by atoms with Crippen LogP contribution in [0.2, 0.25) is 0 Å². The van der Waals surface area contributed by atoms with E-state index in [0.717, 1.165) is 64.8 Å². The Kier molecular flexibility index (Phi) is 18.6. The number of aromatic amines is 2. The van der Waals surface area contributed by atoms with Crippen LogP contribution in [0.3, 0.4) is 0 Å². The Bertz CT molecular complexity index is 2480. The van der Waals surface area contributed by atoms with E-state index in [9.17, 15) is 19.2 Å². The van der Waals surface area contributed by atoms with Gasteiger partial charge in [-0.3, -0.25) is 19.2 Å². The van der Waals surface area contributed by atoms with Gasteiger partial charge in [-0.05, 0) is 100 Å². The van der Waals surface area contributed by atoms with Crippen molar-refractivity contribution in [3.63, 3.8) is 0 Å². The number of esters is 2. The number of aromatic nitrogens is 4. The third-order valence-electron chi connectivity index (χ3n) is 14.3. The number of nitrogens with one attached hydrogen (secondary N) is 2. The number of ether oxygens (including phenoxy) is 2. The molecule has 10 nitrogen and oxygen atoms in total. The molecule has 8 bridgehead atoms. The molecule has 3 aliphatic heterocycles. The van der Waals surface area contributed by atoms with Crippen LogP contribution in [0.1, 0.15) is 206 Å². The van der Waals surface area contributed by atoms with E-state index >= 15 is 0 Å². The molecule has 0 radical (unpaired) electrons. The number of carbonyl (C=O) groups is 4. The molecule has 5 unspecified atom stereocenters. The summed E-state index contributed by atoms with van der Waals surface area (Å²) < 4.78 is 11.0. The van der Waals surface area contributed by atoms with E-state index < -0.39 is 11.9 Å². The van der Waals surface area contributed by atoms with Gasteiger partial charge in [-0.15, -0.1) is 22.4 Å². The van der Waals surface area contributed by atoms with Crippen molar-refractivity contribution in [2.45, 2.75) is 157 Å². The van der Waals surface area contributed by atoms with Gasteiger partial charge in [-0.2, -0.15) is 0 Å². The molecule has 5 atom stereocenters. The number of nitrogens with zero attached hydrogens (tertiary/aromatic N) is 2. The first-order chi connectivity index (χ1) is 31.1. The molecular weight excluding hydrogens is 837 g/mol. The number of H-pyrrole nitrogens is 2. The summed E-state index contributed by atoms with van der Waals surface area (Å²) in [5.41, 5.74) is 11.0. The standard InChI is InChI=1S/C55H71N4O6.Mg/c1-12-38-35(8)42-27-43-36(9)40(23-24-48(61)65-26-25-34(7)22-16-21-33(6)20-15-19-32(5)18-14-17-31(3)4)52(58-43)50-51(55(63)64-11)54(62)49-37(10)44(59-53(49)50)28-46-39(13-2)41(30-60)47(57-46)29-45(38)56-42;/h12,25,27-33,36,40,51H,1,13-24,26H2,2-11H3,(H-,56,57,58,59,60,62);/q-1;+2/p+1/b34-25+;. The van der Waals surface area contributed by atoms with E-state index in [0.29, 0.717) is 69.1 Å². The van der Waals surface area contributed by atoms with Crippen LogP contribution < -0.4 is 19.9 Å². The maximum absolute atomic E-state index is 14.4. The van der Waals surface area contributed by atoms with Crippen molar-refractivity contribution < 1.29 is 38.6 Å². The molecule has 2 aromatic rings. The van der Waals surface area contributed by atoms with Gasteiger partial charge in [0, 0.05) is 28.7 Å². The normalized spacial score (nSPS) is 18.3. The number of ketones is 1. The third-order valence-corrected chi connectivity index (χ3v) is 14.3. The summed E-state index contributed by atoms with van der Waals surface area (Å²) in [6, 6.07) is 5.74. The Hall–Kier alpha value is -4.61. The molecule has 0 amide bonds. The minimum atomic E-state index is -1.23. The number of Topliss-reactive ketones (excluding diaryl/α,β-unsaturated/α-hetero) is 1. The predicted molar refractivity (Wildman–Crippen MR) is 263 cm³/mol. The maximum Gasteiger partial charge on any atom is 2.00 e. The average Bonchev–Trinajstić information content (AvgIpc) is 4.02. The number of carbonyl (C=O) groups excluding carboxylic acids is 4. The Balaban J connectivity index is 0.00000817. The summed E-state index contributed by atoms with van der Waals surface area (Å²) in [4.78, 5) is 71.2. The van der Waals surface area contributed by atoms with E-state index in [1.807, 2.05) is 45.0 Å². The monoisotopic (exact) mass is 909 g/mol. The van der Waals surface area contributed by atoms with Gasteiger partial charge in [0.2, 0.25) is 22.8 Å². The summed E-state index contributed by atoms with van der Waals surface area (Å²) in [6.45, 7) is 23.7. The molecule has 348 valence electrons. The first-order valence-corrected chi connectivity index (χ1v) is 24.1. The zero-order valence-electron chi connectivity index (χ0n) is 41.4. The van der Waals surface area contributed by atoms with Crippen molar-refractivity contribution >= 4 is 80.4 Å². The minimum Gasteiger partial charge on any atom is -0.664 e. The van der Waals surface area contributed by atoms with Gasteiger partial charge in [-0.25, -0.2) is 9.97 Å². The zero-order valence-corrected chi connectivity index (χ0v) is 42.8. The summed E-state index contributed by atoms with van der Waals surface area (Å²) in [7, 11) is 1.28. The first-order valence-electron chi connectivity index (χ1n) is 24.1. The molecule has 2 N–H and O–H groups in total. The molecule has 1 aliphatic carbocycles. The van der Waals surface area contributed by atoms with Crippen LogP contribution in [-0.2, 0) is 30.3 Å². The van der Waals surface area contributed by atoms with Crippen LogP contribution in [0.25, 0.3) is 33.3 Å². The Labute approximate surface area is 408 Å². The van der Waals surface area contributed by atoms with Gasteiger partial charge in [0.05, 0.1) is 12.7 Å². The molecule has 6 rings (SSSR count). The van der Waals surface area contributed by atoms with E-state index in [1.54, 1.807) is 6.08 Å². The van der Waals surface area contributed by atoms with Crippen LogP contribution >= 0.6 is 0 Å². The largest absolute Gasteiger partial charge is 2.00 e. The zero-order chi connectivity index (χ0) is 47.1. The van der Waals surface area contributed by atoms with Crippen molar-refractivity contribution in [3.8, 4) is 0 Å². The number of allylic oxidation sites excluding steroid dienone is 6. The number of hydrogen-bond acceptors (Lipinski definition) is 6. The van der Waals surface area contributed by atoms with Gasteiger partial charge >= 0.3 is 35.0 Å². The molecule has 11 heteroatoms. The van der Waals surface area contributed by atoms with Crippen molar-refractivity contribution in [1.82, 2.24) is 9.97 Å². The maximum atomic E-state index is 14.4. The molecule has 0 saturated heterocycles. The Morgan fingerprint density at radius 3 is 2.17 bits per heavy atom. The quantitative estimate of drug-likeness (QED) is 0.0396. The fourth-order valence-corrected chi connectivity index (χ4v) is 10.2. The van der Waals surface area contributed by atoms with E-state index in [-0.39, 0.29) is 59.7 Å². The van der Waals surface area contributed by atoms with Crippen molar-refractivity contribution in [2.24, 2.45) is 17.8 Å². The van der Waals surface area contributed by atoms with E-state index in [2.05, 4.69) is 58.1 Å². The molecule has 0 saturated carbocycles. The molecule has 66 heavy (non-hydrogen) atoms. The van der Waals surface area contributed by atoms with Gasteiger partial charge in [0.1, 0.15) is 18.5 Å². The third kappa shape index (κ3) is 11.6. The fourth-order valence-electron chi connectivity index (χ4n) is 10.2. The minimum absolute atomic E-state index is 0. The summed E-state index contributed by atoms with van der Waals surface area (Å²) in [6.07, 6.45) is 17.0. The number of aldehydes is 1. The summed E-state index contributed by atoms with van der Waals surface area (Å²) >= 11 is 0. The molecule has 0 fully saturated rings. The first kappa shape index (κ1) is 52.4. The van der Waals surface area contributed by atoms with E-state index in [1.165, 1.54) is 57.6 Å². The van der Waals surface area contributed by atoms with Gasteiger partial charge < -0.3 is 19.4 Å². The molecule has 2 aromatic heterocycles. The number of fused-ring (bicyclic) bond motifs is 8. The second-order valence-corrected chi connectivity index (χ2v) is 19.5. The topological polar surface area (TPSA) is 143 Å². The molecule has 0 spiro atoms. The smallest absolute Gasteiger partial charge is 0.664 e. The Morgan fingerprint density at radius 2 is 1.53 bits per heavy atom. The number of aryl methyl sites for hydroxylation is 1. The van der Waals surface area contributed by atoms with Gasteiger partial charge in [-0.1, -0.05) is 110 Å². The SMILES string of the molecule is C=CC1=C(C)c2cc3[n-]c(c4c5[nH+]c(cc6[n-]c(cc1[nH+]2)c(C=O)c6CC)C(C)=C5C(=O)C4C(=O)OC)C(CCC(=O)OC/C=C(\C)CCCC(C)CCCC(C)CCCC(C)C)C3C.[Mg+2]. The van der Waals surface area contributed by atoms with Crippen LogP contribution in [-0.4, -0.2) is 60.8 Å². The number of hydrogen-bond donors (Lipinski definition) is 0. The summed E-state index contributed by atoms with van der Waals surface area (Å²) in [5.74, 6) is -0.790. The Morgan fingerprint density at radius 1 is 0.879 bits per heavy atom. The second kappa shape index (κ2) is 23.4. The van der Waals surface area contributed by atoms with Crippen molar-refractivity contribution in [3.05, 3.63) is 93.4 Å². The number of rotatable bonds is 21. The average molecular weight is 910 g/mol. The number of methoxy groups -OCH3 is 1. The van der Waals surface area contributed by atoms with Crippen LogP contribution in [0.5, 0.6) is 0 Å².